The van der Waals surface area contributed by atoms with Gasteiger partial charge in [0.2, 0.25) is 35.4 Å². The molecule has 0 saturated heterocycles. The average Bonchev–Trinajstić information content (AvgIpc) is 3.91. The molecular formula is C46H64N12O11. The lowest BCUT2D eigenvalue weighted by Gasteiger charge is -2.29. The number of fused-ring (bicyclic) bond motifs is 2. The van der Waals surface area contributed by atoms with Crippen LogP contribution in [0.15, 0.2) is 65.9 Å². The number of aliphatic imine (C=N–C) groups is 1. The molecule has 374 valence electrons. The average molecular weight is 961 g/mol. The van der Waals surface area contributed by atoms with Crippen molar-refractivity contribution < 1.29 is 53.7 Å². The largest absolute Gasteiger partial charge is 0.481 e. The number of aliphatic carboxylic acids is 2. The molecule has 0 aliphatic heterocycles. The predicted octanol–water partition coefficient (Wildman–Crippen LogP) is -1.02. The van der Waals surface area contributed by atoms with Crippen LogP contribution in [0, 0.1) is 11.8 Å². The molecule has 4 aromatic rings. The van der Waals surface area contributed by atoms with Crippen LogP contribution in [0.25, 0.3) is 21.8 Å². The van der Waals surface area contributed by atoms with Gasteiger partial charge < -0.3 is 74.4 Å². The summed E-state index contributed by atoms with van der Waals surface area (Å²) in [6.45, 7) is 5.77. The number of aliphatic hydroxyl groups is 1. The first-order chi connectivity index (χ1) is 32.7. The number of benzene rings is 2. The number of aromatic nitrogens is 2. The Labute approximate surface area is 397 Å². The van der Waals surface area contributed by atoms with Crippen molar-refractivity contribution in [3.8, 4) is 0 Å². The number of amides is 6. The number of aliphatic hydroxyl groups excluding tert-OH is 1. The molecule has 0 aliphatic rings. The van der Waals surface area contributed by atoms with Gasteiger partial charge in [0.05, 0.1) is 19.1 Å². The van der Waals surface area contributed by atoms with Crippen LogP contribution in [0.5, 0.6) is 0 Å². The molecule has 0 unspecified atom stereocenters. The maximum Gasteiger partial charge on any atom is 0.326 e. The van der Waals surface area contributed by atoms with E-state index in [1.165, 1.54) is 0 Å². The van der Waals surface area contributed by atoms with Crippen molar-refractivity contribution in [1.29, 1.82) is 0 Å². The van der Waals surface area contributed by atoms with Crippen molar-refractivity contribution >= 4 is 75.1 Å². The van der Waals surface area contributed by atoms with Crippen LogP contribution in [0.1, 0.15) is 64.5 Å². The SMILES string of the molecule is CC[C@H](C)[C@H](NC(=O)[C@H](CCCN=C(N)N)NC(=O)[C@H](CO)NC(=O)[C@@H](N)CC(=O)O)C(=O)N[C@@H](Cc1c[nH]c2ccccc12)C(=O)N[C@@H](Cc1c[nH]c2ccccc12)C(=O)N[C@H](C(=O)O)C(C)C. The van der Waals surface area contributed by atoms with Crippen LogP contribution in [0.2, 0.25) is 0 Å². The van der Waals surface area contributed by atoms with Crippen molar-refractivity contribution in [3.05, 3.63) is 72.1 Å². The number of aromatic amines is 2. The Morgan fingerprint density at radius 1 is 0.638 bits per heavy atom. The van der Waals surface area contributed by atoms with Crippen molar-refractivity contribution in [2.75, 3.05) is 13.2 Å². The van der Waals surface area contributed by atoms with Crippen molar-refractivity contribution in [1.82, 2.24) is 41.9 Å². The van der Waals surface area contributed by atoms with Gasteiger partial charge in [-0.25, -0.2) is 4.79 Å². The third kappa shape index (κ3) is 15.5. The molecule has 2 heterocycles. The van der Waals surface area contributed by atoms with Gasteiger partial charge in [-0.05, 0) is 47.9 Å². The van der Waals surface area contributed by atoms with Gasteiger partial charge in [0, 0.05) is 53.6 Å². The molecule has 2 aromatic carbocycles. The lowest BCUT2D eigenvalue weighted by atomic mass is 9.96. The summed E-state index contributed by atoms with van der Waals surface area (Å²) in [4.78, 5) is 117. The Morgan fingerprint density at radius 2 is 1.10 bits per heavy atom. The number of hydrogen-bond acceptors (Lipinski definition) is 11. The van der Waals surface area contributed by atoms with Crippen LogP contribution in [0.4, 0.5) is 0 Å². The summed E-state index contributed by atoms with van der Waals surface area (Å²) in [7, 11) is 0. The number of carboxylic acids is 2. The molecule has 0 bridgehead atoms. The van der Waals surface area contributed by atoms with Gasteiger partial charge in [0.25, 0.3) is 0 Å². The van der Waals surface area contributed by atoms with Crippen LogP contribution in [-0.4, -0.2) is 134 Å². The molecule has 2 aromatic heterocycles. The fraction of sp³-hybridized carbons (Fsp3) is 0.457. The quantitative estimate of drug-likeness (QED) is 0.0193. The number of carbonyl (C=O) groups is 8. The Kier molecular flexibility index (Phi) is 20.0. The Morgan fingerprint density at radius 3 is 1.59 bits per heavy atom. The lowest BCUT2D eigenvalue weighted by molar-refractivity contribution is -0.143. The summed E-state index contributed by atoms with van der Waals surface area (Å²) in [6, 6.07) is 4.57. The van der Waals surface area contributed by atoms with E-state index >= 15 is 0 Å². The third-order valence-electron chi connectivity index (χ3n) is 11.6. The number of nitrogens with zero attached hydrogens (tertiary/aromatic N) is 1. The van der Waals surface area contributed by atoms with Gasteiger partial charge >= 0.3 is 11.9 Å². The zero-order valence-corrected chi connectivity index (χ0v) is 38.9. The number of carboxylic acid groups (broad SMARTS) is 2. The Bertz CT molecular complexity index is 2480. The number of nitrogens with two attached hydrogens (primary N) is 3. The fourth-order valence-corrected chi connectivity index (χ4v) is 7.51. The minimum Gasteiger partial charge on any atom is -0.481 e. The van der Waals surface area contributed by atoms with Crippen molar-refractivity contribution in [2.24, 2.45) is 34.0 Å². The number of rotatable bonds is 27. The number of nitrogens with one attached hydrogen (secondary N) is 8. The zero-order chi connectivity index (χ0) is 50.9. The lowest BCUT2D eigenvalue weighted by Crippen LogP contribution is -2.61. The molecule has 0 fully saturated rings. The molecule has 6 amide bonds. The van der Waals surface area contributed by atoms with Gasteiger partial charge in [-0.3, -0.25) is 38.6 Å². The van der Waals surface area contributed by atoms with Gasteiger partial charge in [0.1, 0.15) is 36.3 Å². The number of hydrogen-bond donors (Lipinski definition) is 14. The van der Waals surface area contributed by atoms with E-state index in [-0.39, 0.29) is 38.2 Å². The van der Waals surface area contributed by atoms with E-state index in [0.29, 0.717) is 17.5 Å². The molecule has 23 heteroatoms. The van der Waals surface area contributed by atoms with E-state index in [0.717, 1.165) is 21.8 Å². The second kappa shape index (κ2) is 25.6. The van der Waals surface area contributed by atoms with E-state index in [4.69, 9.17) is 22.3 Å². The van der Waals surface area contributed by atoms with Crippen LogP contribution in [0.3, 0.4) is 0 Å². The standard InChI is InChI=1S/C46H64N12O11/c1-5-24(4)38(58-40(63)32(15-10-16-50-46(48)49)53-43(66)35(22-59)56-39(62)29(47)19-36(60)61)44(67)55-33(17-25-20-51-30-13-8-6-11-27(25)30)41(64)54-34(42(65)57-37(23(2)3)45(68)69)18-26-21-52-31-14-9-7-12-28(26)31/h6-9,11-14,20-21,23-24,29,32-35,37-38,51-52,59H,5,10,15-19,22,47H2,1-4H3,(H,53,66)(H,54,64)(H,55,67)(H,56,62)(H,57,65)(H,58,63)(H,60,61)(H,68,69)(H4,48,49,50)/t24-,29-,32-,33-,34-,35-,37-,38-/m0/s1. The van der Waals surface area contributed by atoms with E-state index in [1.54, 1.807) is 46.2 Å². The van der Waals surface area contributed by atoms with Crippen molar-refractivity contribution in [3.63, 3.8) is 0 Å². The van der Waals surface area contributed by atoms with Gasteiger partial charge in [-0.1, -0.05) is 70.5 Å². The molecule has 0 aliphatic carbocycles. The summed E-state index contributed by atoms with van der Waals surface area (Å²) >= 11 is 0. The highest BCUT2D eigenvalue weighted by molar-refractivity contribution is 5.98. The van der Waals surface area contributed by atoms with E-state index in [9.17, 15) is 48.6 Å². The Balaban J connectivity index is 1.67. The van der Waals surface area contributed by atoms with E-state index in [1.807, 2.05) is 42.5 Å². The first-order valence-electron chi connectivity index (χ1n) is 22.5. The highest BCUT2D eigenvalue weighted by Crippen LogP contribution is 2.22. The first kappa shape index (κ1) is 54.1. The number of para-hydroxylation sites is 2. The summed E-state index contributed by atoms with van der Waals surface area (Å²) in [5.74, 6) is -9.34. The minimum absolute atomic E-state index is 0.0276. The van der Waals surface area contributed by atoms with Crippen molar-refractivity contribution in [2.45, 2.75) is 109 Å². The molecule has 0 radical (unpaired) electrons. The number of H-pyrrole nitrogens is 2. The van der Waals surface area contributed by atoms with Gasteiger partial charge in [-0.2, -0.15) is 0 Å². The number of carbonyl (C=O) groups excluding carboxylic acids is 6. The Hall–Kier alpha value is -7.53. The third-order valence-corrected chi connectivity index (χ3v) is 11.6. The molecule has 69 heavy (non-hydrogen) atoms. The highest BCUT2D eigenvalue weighted by atomic mass is 16.4. The second-order valence-corrected chi connectivity index (χ2v) is 17.1. The summed E-state index contributed by atoms with van der Waals surface area (Å²) in [5, 5.41) is 45.9. The molecule has 0 spiro atoms. The van der Waals surface area contributed by atoms with E-state index < -0.39 is 115 Å². The predicted molar refractivity (Wildman–Crippen MR) is 255 cm³/mol. The topological polar surface area (TPSA) is 391 Å². The normalized spacial score (nSPS) is 14.8. The molecule has 8 atom stereocenters. The summed E-state index contributed by atoms with van der Waals surface area (Å²) < 4.78 is 0. The summed E-state index contributed by atoms with van der Waals surface area (Å²) in [6.07, 6.45) is 2.77. The molecule has 17 N–H and O–H groups in total. The summed E-state index contributed by atoms with van der Waals surface area (Å²) in [5.41, 5.74) is 19.3. The maximum absolute atomic E-state index is 14.7. The zero-order valence-electron chi connectivity index (χ0n) is 38.9. The van der Waals surface area contributed by atoms with Crippen LogP contribution in [-0.2, 0) is 51.2 Å². The van der Waals surface area contributed by atoms with Gasteiger partial charge in [-0.15, -0.1) is 0 Å². The number of guanidine groups is 1. The highest BCUT2D eigenvalue weighted by Gasteiger charge is 2.36. The molecule has 23 nitrogen and oxygen atoms in total. The van der Waals surface area contributed by atoms with E-state index in [2.05, 4.69) is 46.9 Å². The molecular weight excluding hydrogens is 897 g/mol. The molecule has 4 rings (SSSR count). The first-order valence-corrected chi connectivity index (χ1v) is 22.5. The molecule has 0 saturated carbocycles. The second-order valence-electron chi connectivity index (χ2n) is 17.1. The van der Waals surface area contributed by atoms with Crippen LogP contribution >= 0.6 is 0 Å². The smallest absolute Gasteiger partial charge is 0.326 e. The fourth-order valence-electron chi connectivity index (χ4n) is 7.51. The maximum atomic E-state index is 14.7. The monoisotopic (exact) mass is 960 g/mol. The van der Waals surface area contributed by atoms with Crippen LogP contribution < -0.4 is 49.1 Å². The minimum atomic E-state index is -1.66. The van der Waals surface area contributed by atoms with Gasteiger partial charge in [0.15, 0.2) is 5.96 Å².